The molecule has 0 radical (unpaired) electrons. The standard InChI is InChI=1S/C18H15ClN6O/c1-12-9-17(22-25(18(12)26)15-10-20-23(2)11-15)24-8-7-16(21-24)13-3-5-14(19)6-4-13/h3-11H,1-2H3. The summed E-state index contributed by atoms with van der Waals surface area (Å²) in [5, 5.41) is 13.8. The van der Waals surface area contributed by atoms with E-state index in [4.69, 9.17) is 11.6 Å². The maximum Gasteiger partial charge on any atom is 0.274 e. The van der Waals surface area contributed by atoms with Gasteiger partial charge in [-0.1, -0.05) is 23.7 Å². The quantitative estimate of drug-likeness (QED) is 0.559. The largest absolute Gasteiger partial charge is 0.274 e. The van der Waals surface area contributed by atoms with Crippen LogP contribution in [-0.4, -0.2) is 29.3 Å². The van der Waals surface area contributed by atoms with Crippen molar-refractivity contribution in [2.24, 2.45) is 7.05 Å². The normalized spacial score (nSPS) is 11.0. The van der Waals surface area contributed by atoms with Crippen LogP contribution in [0.4, 0.5) is 0 Å². The summed E-state index contributed by atoms with van der Waals surface area (Å²) in [6.45, 7) is 1.75. The summed E-state index contributed by atoms with van der Waals surface area (Å²) < 4.78 is 4.60. The van der Waals surface area contributed by atoms with Crippen LogP contribution in [0.3, 0.4) is 0 Å². The van der Waals surface area contributed by atoms with Gasteiger partial charge in [0.2, 0.25) is 0 Å². The summed E-state index contributed by atoms with van der Waals surface area (Å²) >= 11 is 5.94. The molecule has 3 heterocycles. The molecule has 7 nitrogen and oxygen atoms in total. The van der Waals surface area contributed by atoms with Crippen molar-refractivity contribution < 1.29 is 0 Å². The minimum absolute atomic E-state index is 0.188. The van der Waals surface area contributed by atoms with E-state index in [-0.39, 0.29) is 5.56 Å². The Labute approximate surface area is 154 Å². The predicted octanol–water partition coefficient (Wildman–Crippen LogP) is 2.78. The summed E-state index contributed by atoms with van der Waals surface area (Å²) in [5.41, 5.74) is 2.73. The van der Waals surface area contributed by atoms with E-state index >= 15 is 0 Å². The van der Waals surface area contributed by atoms with Gasteiger partial charge in [0.05, 0.1) is 18.1 Å². The van der Waals surface area contributed by atoms with Crippen molar-refractivity contribution in [2.75, 3.05) is 0 Å². The van der Waals surface area contributed by atoms with Crippen LogP contribution >= 0.6 is 11.6 Å². The Kier molecular flexibility index (Phi) is 3.93. The fourth-order valence-electron chi connectivity index (χ4n) is 2.63. The van der Waals surface area contributed by atoms with Crippen molar-refractivity contribution in [2.45, 2.75) is 6.92 Å². The number of nitrogens with zero attached hydrogens (tertiary/aromatic N) is 6. The smallest absolute Gasteiger partial charge is 0.274 e. The average molecular weight is 367 g/mol. The van der Waals surface area contributed by atoms with E-state index in [1.54, 1.807) is 41.8 Å². The molecule has 8 heteroatoms. The van der Waals surface area contributed by atoms with E-state index < -0.39 is 0 Å². The molecule has 3 aromatic heterocycles. The van der Waals surface area contributed by atoms with Crippen LogP contribution in [0.25, 0.3) is 22.8 Å². The van der Waals surface area contributed by atoms with Gasteiger partial charge in [-0.25, -0.2) is 4.68 Å². The fourth-order valence-corrected chi connectivity index (χ4v) is 2.76. The third-order valence-electron chi connectivity index (χ3n) is 3.98. The second-order valence-electron chi connectivity index (χ2n) is 5.93. The lowest BCUT2D eigenvalue weighted by atomic mass is 10.2. The van der Waals surface area contributed by atoms with E-state index in [1.807, 2.05) is 36.5 Å². The molecule has 4 rings (SSSR count). The zero-order valence-corrected chi connectivity index (χ0v) is 14.9. The van der Waals surface area contributed by atoms with Gasteiger partial charge in [-0.3, -0.25) is 9.48 Å². The molecule has 0 aliphatic rings. The molecular formula is C18H15ClN6O. The van der Waals surface area contributed by atoms with E-state index in [0.29, 0.717) is 22.1 Å². The molecule has 0 unspecified atom stereocenters. The molecular weight excluding hydrogens is 352 g/mol. The van der Waals surface area contributed by atoms with E-state index in [9.17, 15) is 4.79 Å². The SMILES string of the molecule is Cc1cc(-n2ccc(-c3ccc(Cl)cc3)n2)nn(-c2cnn(C)c2)c1=O. The van der Waals surface area contributed by atoms with Gasteiger partial charge < -0.3 is 0 Å². The number of halogens is 1. The van der Waals surface area contributed by atoms with Crippen molar-refractivity contribution in [3.05, 3.63) is 75.9 Å². The molecule has 26 heavy (non-hydrogen) atoms. The zero-order valence-electron chi connectivity index (χ0n) is 14.2. The molecule has 1 aromatic carbocycles. The van der Waals surface area contributed by atoms with Crippen LogP contribution in [0.2, 0.25) is 5.02 Å². The van der Waals surface area contributed by atoms with Crippen LogP contribution in [0.15, 0.2) is 59.8 Å². The van der Waals surface area contributed by atoms with Crippen molar-refractivity contribution >= 4 is 11.6 Å². The molecule has 0 aliphatic carbocycles. The molecule has 0 bridgehead atoms. The summed E-state index contributed by atoms with van der Waals surface area (Å²) in [5.74, 6) is 0.547. The van der Waals surface area contributed by atoms with Crippen molar-refractivity contribution in [3.8, 4) is 22.8 Å². The summed E-state index contributed by atoms with van der Waals surface area (Å²) in [7, 11) is 1.79. The molecule has 4 aromatic rings. The molecule has 0 saturated carbocycles. The second-order valence-corrected chi connectivity index (χ2v) is 6.36. The first-order valence-corrected chi connectivity index (χ1v) is 8.31. The van der Waals surface area contributed by atoms with E-state index in [0.717, 1.165) is 11.3 Å². The molecule has 0 N–H and O–H groups in total. The molecule has 0 atom stereocenters. The van der Waals surface area contributed by atoms with Crippen LogP contribution in [0, 0.1) is 6.92 Å². The lowest BCUT2D eigenvalue weighted by Gasteiger charge is -2.07. The van der Waals surface area contributed by atoms with Gasteiger partial charge in [-0.05, 0) is 31.2 Å². The molecule has 0 saturated heterocycles. The molecule has 130 valence electrons. The third-order valence-corrected chi connectivity index (χ3v) is 4.23. The predicted molar refractivity (Wildman–Crippen MR) is 98.9 cm³/mol. The average Bonchev–Trinajstić information content (AvgIpc) is 3.27. The molecule has 0 fully saturated rings. The Morgan fingerprint density at radius 2 is 1.85 bits per heavy atom. The first-order valence-electron chi connectivity index (χ1n) is 7.93. The Hall–Kier alpha value is -3.19. The van der Waals surface area contributed by atoms with Gasteiger partial charge in [0.25, 0.3) is 5.56 Å². The highest BCUT2D eigenvalue weighted by Crippen LogP contribution is 2.20. The number of aromatic nitrogens is 6. The van der Waals surface area contributed by atoms with Gasteiger partial charge >= 0.3 is 0 Å². The number of hydrogen-bond donors (Lipinski definition) is 0. The summed E-state index contributed by atoms with van der Waals surface area (Å²) in [4.78, 5) is 12.4. The highest BCUT2D eigenvalue weighted by atomic mass is 35.5. The lowest BCUT2D eigenvalue weighted by Crippen LogP contribution is -2.24. The third kappa shape index (κ3) is 2.93. The summed E-state index contributed by atoms with van der Waals surface area (Å²) in [6, 6.07) is 11.1. The van der Waals surface area contributed by atoms with Crippen LogP contribution in [0.1, 0.15) is 5.56 Å². The van der Waals surface area contributed by atoms with Gasteiger partial charge in [0.1, 0.15) is 5.69 Å². The Morgan fingerprint density at radius 3 is 2.54 bits per heavy atom. The first-order chi connectivity index (χ1) is 12.5. The maximum absolute atomic E-state index is 12.4. The van der Waals surface area contributed by atoms with Crippen molar-refractivity contribution in [1.29, 1.82) is 0 Å². The van der Waals surface area contributed by atoms with E-state index in [2.05, 4.69) is 15.3 Å². The topological polar surface area (TPSA) is 70.5 Å². The Balaban J connectivity index is 1.78. The maximum atomic E-state index is 12.4. The number of rotatable bonds is 3. The Morgan fingerprint density at radius 1 is 1.08 bits per heavy atom. The van der Waals surface area contributed by atoms with E-state index in [1.165, 1.54) is 4.68 Å². The van der Waals surface area contributed by atoms with Crippen LogP contribution in [-0.2, 0) is 7.05 Å². The lowest BCUT2D eigenvalue weighted by molar-refractivity contribution is 0.730. The molecule has 0 aliphatic heterocycles. The monoisotopic (exact) mass is 366 g/mol. The first kappa shape index (κ1) is 16.3. The van der Waals surface area contributed by atoms with Gasteiger partial charge in [0.15, 0.2) is 5.82 Å². The minimum Gasteiger partial charge on any atom is -0.274 e. The van der Waals surface area contributed by atoms with Gasteiger partial charge in [-0.2, -0.15) is 14.9 Å². The highest BCUT2D eigenvalue weighted by Gasteiger charge is 2.11. The van der Waals surface area contributed by atoms with Crippen LogP contribution < -0.4 is 5.56 Å². The van der Waals surface area contributed by atoms with Crippen molar-refractivity contribution in [1.82, 2.24) is 29.3 Å². The van der Waals surface area contributed by atoms with Crippen LogP contribution in [0.5, 0.6) is 0 Å². The second kappa shape index (κ2) is 6.27. The van der Waals surface area contributed by atoms with Gasteiger partial charge in [-0.15, -0.1) is 5.10 Å². The fraction of sp³-hybridized carbons (Fsp3) is 0.111. The van der Waals surface area contributed by atoms with Gasteiger partial charge in [0, 0.05) is 29.4 Å². The number of hydrogen-bond acceptors (Lipinski definition) is 4. The number of aryl methyl sites for hydroxylation is 2. The molecule has 0 amide bonds. The number of benzene rings is 1. The highest BCUT2D eigenvalue weighted by molar-refractivity contribution is 6.30. The Bertz CT molecular complexity index is 1140. The minimum atomic E-state index is -0.188. The molecule has 0 spiro atoms. The van der Waals surface area contributed by atoms with Crippen molar-refractivity contribution in [3.63, 3.8) is 0 Å². The zero-order chi connectivity index (χ0) is 18.3. The summed E-state index contributed by atoms with van der Waals surface area (Å²) in [6.07, 6.45) is 5.14.